The molecule has 3 nitrogen and oxygen atoms in total. The van der Waals surface area contributed by atoms with Gasteiger partial charge in [-0.2, -0.15) is 0 Å². The van der Waals surface area contributed by atoms with Gasteiger partial charge in [0, 0.05) is 18.3 Å². The maximum atomic E-state index is 5.54. The Bertz CT molecular complexity index is 1130. The molecule has 0 spiro atoms. The van der Waals surface area contributed by atoms with Crippen molar-refractivity contribution in [3.05, 3.63) is 102 Å². The molecule has 132 valence electrons. The summed E-state index contributed by atoms with van der Waals surface area (Å²) in [6, 6.07) is 27.7. The summed E-state index contributed by atoms with van der Waals surface area (Å²) in [5, 5.41) is 9.98. The van der Waals surface area contributed by atoms with Gasteiger partial charge < -0.3 is 15.2 Å². The molecule has 0 fully saturated rings. The molecule has 1 aliphatic rings. The first kappa shape index (κ1) is 16.1. The van der Waals surface area contributed by atoms with E-state index < -0.39 is 0 Å². The smallest absolute Gasteiger partial charge is 0.172 e. The second-order valence-corrected chi connectivity index (χ2v) is 7.24. The molecule has 0 radical (unpaired) electrons. The molecule has 1 aliphatic heterocycles. The zero-order chi connectivity index (χ0) is 18.2. The number of hydrogen-bond donors (Lipinski definition) is 2. The molecule has 0 saturated heterocycles. The van der Waals surface area contributed by atoms with Crippen LogP contribution in [0.25, 0.3) is 10.8 Å². The Morgan fingerprint density at radius 1 is 0.815 bits per heavy atom. The Kier molecular flexibility index (Phi) is 3.91. The van der Waals surface area contributed by atoms with E-state index in [4.69, 9.17) is 12.2 Å². The Morgan fingerprint density at radius 3 is 2.48 bits per heavy atom. The van der Waals surface area contributed by atoms with Crippen molar-refractivity contribution >= 4 is 33.9 Å². The van der Waals surface area contributed by atoms with Gasteiger partial charge in [-0.15, -0.1) is 0 Å². The number of fused-ring (bicyclic) bond motifs is 2. The topological polar surface area (TPSA) is 29.0 Å². The van der Waals surface area contributed by atoms with E-state index in [1.807, 2.05) is 6.07 Å². The van der Waals surface area contributed by atoms with E-state index >= 15 is 0 Å². The van der Waals surface area contributed by atoms with E-state index in [0.29, 0.717) is 5.11 Å². The molecule has 5 rings (SSSR count). The lowest BCUT2D eigenvalue weighted by atomic mass is 9.94. The van der Waals surface area contributed by atoms with Crippen LogP contribution in [0.5, 0.6) is 0 Å². The largest absolute Gasteiger partial charge is 0.351 e. The van der Waals surface area contributed by atoms with Crippen LogP contribution in [0.3, 0.4) is 0 Å². The average molecular weight is 369 g/mol. The normalized spacial score (nSPS) is 15.9. The molecular formula is C23H19N3S. The number of thiocarbonyl (C=S) groups is 1. The van der Waals surface area contributed by atoms with Crippen LogP contribution in [-0.4, -0.2) is 9.68 Å². The van der Waals surface area contributed by atoms with Crippen molar-refractivity contribution in [2.45, 2.75) is 12.6 Å². The summed E-state index contributed by atoms with van der Waals surface area (Å²) in [4.78, 5) is 0. The predicted molar refractivity (Wildman–Crippen MR) is 115 cm³/mol. The molecule has 0 amide bonds. The molecule has 1 unspecified atom stereocenters. The van der Waals surface area contributed by atoms with E-state index in [0.717, 1.165) is 12.4 Å². The summed E-state index contributed by atoms with van der Waals surface area (Å²) in [5.41, 5.74) is 3.73. The van der Waals surface area contributed by atoms with Gasteiger partial charge in [-0.05, 0) is 40.2 Å². The molecule has 27 heavy (non-hydrogen) atoms. The molecule has 2 heterocycles. The first-order chi connectivity index (χ1) is 13.3. The molecule has 0 bridgehead atoms. The van der Waals surface area contributed by atoms with Crippen molar-refractivity contribution in [2.24, 2.45) is 0 Å². The number of hydrogen-bond acceptors (Lipinski definition) is 1. The molecule has 1 atom stereocenters. The van der Waals surface area contributed by atoms with Gasteiger partial charge in [0.25, 0.3) is 0 Å². The lowest BCUT2D eigenvalue weighted by Crippen LogP contribution is -2.38. The highest BCUT2D eigenvalue weighted by molar-refractivity contribution is 7.80. The zero-order valence-electron chi connectivity index (χ0n) is 14.7. The Morgan fingerprint density at radius 2 is 1.59 bits per heavy atom. The summed E-state index contributed by atoms with van der Waals surface area (Å²) in [5.74, 6) is 1.07. The van der Waals surface area contributed by atoms with Crippen LogP contribution in [0.2, 0.25) is 0 Å². The molecule has 1 aromatic heterocycles. The molecule has 4 heteroatoms. The summed E-state index contributed by atoms with van der Waals surface area (Å²) in [7, 11) is 0. The minimum absolute atomic E-state index is 0.0388. The van der Waals surface area contributed by atoms with Crippen LogP contribution in [0.15, 0.2) is 85.1 Å². The fourth-order valence-electron chi connectivity index (χ4n) is 3.88. The number of aromatic nitrogens is 1. The SMILES string of the molecule is S=C1Nc2c(ccn2Cc2ccccc2)C(c2cccc3ccccc23)N1. The fourth-order valence-corrected chi connectivity index (χ4v) is 4.09. The van der Waals surface area contributed by atoms with Crippen molar-refractivity contribution in [3.63, 3.8) is 0 Å². The van der Waals surface area contributed by atoms with Gasteiger partial charge >= 0.3 is 0 Å². The third-order valence-corrected chi connectivity index (χ3v) is 5.36. The van der Waals surface area contributed by atoms with Gasteiger partial charge in [0.1, 0.15) is 5.82 Å². The molecule has 0 aliphatic carbocycles. The number of nitrogens with one attached hydrogen (secondary N) is 2. The molecule has 3 aromatic carbocycles. The van der Waals surface area contributed by atoms with Crippen molar-refractivity contribution in [2.75, 3.05) is 5.32 Å². The standard InChI is InChI=1S/C23H19N3S/c27-23-24-21(19-12-6-10-17-9-4-5-11-18(17)19)20-13-14-26(22(20)25-23)15-16-7-2-1-3-8-16/h1-14,21H,15H2,(H2,24,25,27). The maximum absolute atomic E-state index is 5.54. The minimum Gasteiger partial charge on any atom is -0.351 e. The van der Waals surface area contributed by atoms with Crippen LogP contribution in [0.1, 0.15) is 22.7 Å². The maximum Gasteiger partial charge on any atom is 0.172 e. The van der Waals surface area contributed by atoms with E-state index in [2.05, 4.69) is 94.2 Å². The Balaban J connectivity index is 1.60. The summed E-state index contributed by atoms with van der Waals surface area (Å²) in [6.07, 6.45) is 2.14. The zero-order valence-corrected chi connectivity index (χ0v) is 15.5. The van der Waals surface area contributed by atoms with Crippen LogP contribution < -0.4 is 10.6 Å². The van der Waals surface area contributed by atoms with Gasteiger partial charge in [-0.25, -0.2) is 0 Å². The average Bonchev–Trinajstić information content (AvgIpc) is 3.10. The van der Waals surface area contributed by atoms with E-state index in [9.17, 15) is 0 Å². The van der Waals surface area contributed by atoms with Crippen molar-refractivity contribution in [3.8, 4) is 0 Å². The van der Waals surface area contributed by atoms with Gasteiger partial charge in [0.15, 0.2) is 5.11 Å². The van der Waals surface area contributed by atoms with Crippen molar-refractivity contribution < 1.29 is 0 Å². The third kappa shape index (κ3) is 2.88. The first-order valence-electron chi connectivity index (χ1n) is 9.08. The quantitative estimate of drug-likeness (QED) is 0.494. The summed E-state index contributed by atoms with van der Waals surface area (Å²) >= 11 is 5.54. The summed E-state index contributed by atoms with van der Waals surface area (Å²) in [6.45, 7) is 0.814. The fraction of sp³-hybridized carbons (Fsp3) is 0.0870. The molecular weight excluding hydrogens is 350 g/mol. The number of nitrogens with zero attached hydrogens (tertiary/aromatic N) is 1. The molecule has 0 saturated carbocycles. The number of anilines is 1. The highest BCUT2D eigenvalue weighted by Gasteiger charge is 2.27. The second-order valence-electron chi connectivity index (χ2n) is 6.83. The van der Waals surface area contributed by atoms with Crippen LogP contribution in [0.4, 0.5) is 5.82 Å². The Labute approximate surface area is 163 Å². The first-order valence-corrected chi connectivity index (χ1v) is 9.48. The van der Waals surface area contributed by atoms with E-state index in [1.54, 1.807) is 0 Å². The van der Waals surface area contributed by atoms with Crippen LogP contribution >= 0.6 is 12.2 Å². The third-order valence-electron chi connectivity index (χ3n) is 5.14. The van der Waals surface area contributed by atoms with E-state index in [1.165, 1.54) is 27.5 Å². The van der Waals surface area contributed by atoms with Crippen molar-refractivity contribution in [1.82, 2.24) is 9.88 Å². The monoisotopic (exact) mass is 369 g/mol. The minimum atomic E-state index is 0.0388. The lowest BCUT2D eigenvalue weighted by Gasteiger charge is -2.29. The molecule has 2 N–H and O–H groups in total. The van der Waals surface area contributed by atoms with Crippen LogP contribution in [-0.2, 0) is 6.54 Å². The Hall–Kier alpha value is -3.11. The molecule has 4 aromatic rings. The van der Waals surface area contributed by atoms with Crippen molar-refractivity contribution in [1.29, 1.82) is 0 Å². The number of benzene rings is 3. The van der Waals surface area contributed by atoms with Gasteiger partial charge in [-0.1, -0.05) is 72.8 Å². The predicted octanol–water partition coefficient (Wildman–Crippen LogP) is 5.08. The van der Waals surface area contributed by atoms with E-state index in [-0.39, 0.29) is 6.04 Å². The highest BCUT2D eigenvalue weighted by atomic mass is 32.1. The van der Waals surface area contributed by atoms with Gasteiger partial charge in [-0.3, -0.25) is 0 Å². The second kappa shape index (κ2) is 6.56. The highest BCUT2D eigenvalue weighted by Crippen LogP contribution is 2.36. The van der Waals surface area contributed by atoms with Gasteiger partial charge in [0.05, 0.1) is 6.04 Å². The lowest BCUT2D eigenvalue weighted by molar-refractivity contribution is 0.744. The number of rotatable bonds is 3. The van der Waals surface area contributed by atoms with Crippen LogP contribution in [0, 0.1) is 0 Å². The van der Waals surface area contributed by atoms with Gasteiger partial charge in [0.2, 0.25) is 0 Å². The summed E-state index contributed by atoms with van der Waals surface area (Å²) < 4.78 is 2.23.